The number of nitrogens with two attached hydrogens (primary N) is 1. The fourth-order valence-corrected chi connectivity index (χ4v) is 2.41. The summed E-state index contributed by atoms with van der Waals surface area (Å²) in [6.07, 6.45) is 3.55. The van der Waals surface area contributed by atoms with Gasteiger partial charge < -0.3 is 20.5 Å². The van der Waals surface area contributed by atoms with Crippen molar-refractivity contribution in [2.24, 2.45) is 5.92 Å². The van der Waals surface area contributed by atoms with E-state index in [1.807, 2.05) is 0 Å². The fourth-order valence-electron chi connectivity index (χ4n) is 2.41. The summed E-state index contributed by atoms with van der Waals surface area (Å²) in [5.74, 6) is 0.588. The Hall–Kier alpha value is -1.82. The average Bonchev–Trinajstić information content (AvgIpc) is 2.49. The maximum Gasteiger partial charge on any atom is 0.341 e. The Labute approximate surface area is 118 Å². The SMILES string of the molecule is COC(=O)c1cc(N)cnc1NC(C)C1CCOCC1. The highest BCUT2D eigenvalue weighted by Gasteiger charge is 2.23. The van der Waals surface area contributed by atoms with E-state index in [4.69, 9.17) is 15.2 Å². The summed E-state index contributed by atoms with van der Waals surface area (Å²) in [4.78, 5) is 16.0. The highest BCUT2D eigenvalue weighted by Crippen LogP contribution is 2.23. The molecule has 1 aromatic rings. The summed E-state index contributed by atoms with van der Waals surface area (Å²) in [5, 5.41) is 3.30. The zero-order valence-electron chi connectivity index (χ0n) is 11.9. The van der Waals surface area contributed by atoms with Gasteiger partial charge in [0.15, 0.2) is 0 Å². The van der Waals surface area contributed by atoms with Gasteiger partial charge in [-0.15, -0.1) is 0 Å². The van der Waals surface area contributed by atoms with Crippen molar-refractivity contribution in [3.63, 3.8) is 0 Å². The first-order valence-electron chi connectivity index (χ1n) is 6.80. The molecule has 110 valence electrons. The molecule has 0 spiro atoms. The first kappa shape index (κ1) is 14.6. The van der Waals surface area contributed by atoms with Crippen LogP contribution < -0.4 is 11.1 Å². The highest BCUT2D eigenvalue weighted by molar-refractivity contribution is 5.95. The minimum atomic E-state index is -0.438. The van der Waals surface area contributed by atoms with Gasteiger partial charge in [-0.05, 0) is 31.7 Å². The Morgan fingerprint density at radius 2 is 2.25 bits per heavy atom. The van der Waals surface area contributed by atoms with Gasteiger partial charge in [0, 0.05) is 19.3 Å². The summed E-state index contributed by atoms with van der Waals surface area (Å²) < 4.78 is 10.1. The first-order chi connectivity index (χ1) is 9.61. The molecule has 1 fully saturated rings. The topological polar surface area (TPSA) is 86.5 Å². The van der Waals surface area contributed by atoms with E-state index < -0.39 is 5.97 Å². The van der Waals surface area contributed by atoms with Crippen LogP contribution in [0.25, 0.3) is 0 Å². The second-order valence-corrected chi connectivity index (χ2v) is 5.04. The molecule has 6 nitrogen and oxygen atoms in total. The summed E-state index contributed by atoms with van der Waals surface area (Å²) in [6, 6.07) is 1.79. The number of rotatable bonds is 4. The van der Waals surface area contributed by atoms with E-state index in [9.17, 15) is 4.79 Å². The Morgan fingerprint density at radius 1 is 1.55 bits per heavy atom. The van der Waals surface area contributed by atoms with Crippen molar-refractivity contribution in [3.05, 3.63) is 17.8 Å². The zero-order valence-corrected chi connectivity index (χ0v) is 11.9. The average molecular weight is 279 g/mol. The van der Waals surface area contributed by atoms with E-state index in [0.29, 0.717) is 23.0 Å². The highest BCUT2D eigenvalue weighted by atomic mass is 16.5. The predicted molar refractivity (Wildman–Crippen MR) is 76.6 cm³/mol. The first-order valence-corrected chi connectivity index (χ1v) is 6.80. The van der Waals surface area contributed by atoms with Crippen LogP contribution >= 0.6 is 0 Å². The molecule has 0 bridgehead atoms. The largest absolute Gasteiger partial charge is 0.465 e. The van der Waals surface area contributed by atoms with E-state index >= 15 is 0 Å². The molecule has 1 aliphatic heterocycles. The lowest BCUT2D eigenvalue weighted by Crippen LogP contribution is -2.32. The van der Waals surface area contributed by atoms with Crippen LogP contribution in [0, 0.1) is 5.92 Å². The molecule has 1 atom stereocenters. The third-order valence-electron chi connectivity index (χ3n) is 3.65. The quantitative estimate of drug-likeness (QED) is 0.815. The normalized spacial score (nSPS) is 17.5. The Balaban J connectivity index is 2.13. The number of ether oxygens (including phenoxy) is 2. The van der Waals surface area contributed by atoms with Gasteiger partial charge in [-0.2, -0.15) is 0 Å². The maximum atomic E-state index is 11.8. The lowest BCUT2D eigenvalue weighted by atomic mass is 9.93. The van der Waals surface area contributed by atoms with E-state index in [-0.39, 0.29) is 6.04 Å². The molecule has 0 saturated carbocycles. The van der Waals surface area contributed by atoms with Crippen LogP contribution in [0.5, 0.6) is 0 Å². The van der Waals surface area contributed by atoms with Gasteiger partial charge in [-0.3, -0.25) is 0 Å². The number of methoxy groups -OCH3 is 1. The number of anilines is 2. The Morgan fingerprint density at radius 3 is 2.90 bits per heavy atom. The number of hydrogen-bond acceptors (Lipinski definition) is 6. The lowest BCUT2D eigenvalue weighted by molar-refractivity contribution is 0.0596. The molecule has 0 aromatic carbocycles. The summed E-state index contributed by atoms with van der Waals surface area (Å²) in [5.41, 5.74) is 6.49. The number of hydrogen-bond donors (Lipinski definition) is 2. The number of carbonyl (C=O) groups excluding carboxylic acids is 1. The second kappa shape index (κ2) is 6.56. The third-order valence-corrected chi connectivity index (χ3v) is 3.65. The standard InChI is InChI=1S/C14H21N3O3/c1-9(10-3-5-20-6-4-10)17-13-12(14(18)19-2)7-11(15)8-16-13/h7-10H,3-6,15H2,1-2H3,(H,16,17). The number of nitrogens with zero attached hydrogens (tertiary/aromatic N) is 1. The van der Waals surface area contributed by atoms with Gasteiger partial charge in [-0.25, -0.2) is 9.78 Å². The van der Waals surface area contributed by atoms with Crippen LogP contribution in [-0.4, -0.2) is 37.3 Å². The second-order valence-electron chi connectivity index (χ2n) is 5.04. The summed E-state index contributed by atoms with van der Waals surface area (Å²) in [7, 11) is 1.34. The molecule has 2 heterocycles. The maximum absolute atomic E-state index is 11.8. The molecule has 0 amide bonds. The molecule has 0 aliphatic carbocycles. The van der Waals surface area contributed by atoms with Crippen molar-refractivity contribution in [2.75, 3.05) is 31.4 Å². The lowest BCUT2D eigenvalue weighted by Gasteiger charge is -2.29. The molecule has 1 aliphatic rings. The van der Waals surface area contributed by atoms with Gasteiger partial charge in [0.2, 0.25) is 0 Å². The predicted octanol–water partition coefficient (Wildman–Crippen LogP) is 1.68. The fraction of sp³-hybridized carbons (Fsp3) is 0.571. The molecule has 1 unspecified atom stereocenters. The Kier molecular flexibility index (Phi) is 4.79. The van der Waals surface area contributed by atoms with E-state index in [0.717, 1.165) is 26.1 Å². The molecule has 2 rings (SSSR count). The van der Waals surface area contributed by atoms with Gasteiger partial charge in [-0.1, -0.05) is 0 Å². The van der Waals surface area contributed by atoms with Crippen LogP contribution in [0.3, 0.4) is 0 Å². The molecular formula is C14H21N3O3. The monoisotopic (exact) mass is 279 g/mol. The van der Waals surface area contributed by atoms with Gasteiger partial charge in [0.25, 0.3) is 0 Å². The van der Waals surface area contributed by atoms with Crippen LogP contribution in [0.1, 0.15) is 30.1 Å². The van der Waals surface area contributed by atoms with E-state index in [1.54, 1.807) is 6.07 Å². The van der Waals surface area contributed by atoms with Crippen molar-refractivity contribution >= 4 is 17.5 Å². The molecule has 1 saturated heterocycles. The number of nitrogens with one attached hydrogen (secondary N) is 1. The van der Waals surface area contributed by atoms with E-state index in [1.165, 1.54) is 13.3 Å². The Bertz CT molecular complexity index is 473. The van der Waals surface area contributed by atoms with Crippen molar-refractivity contribution < 1.29 is 14.3 Å². The van der Waals surface area contributed by atoms with Crippen molar-refractivity contribution in [1.82, 2.24) is 4.98 Å². The van der Waals surface area contributed by atoms with Gasteiger partial charge >= 0.3 is 5.97 Å². The molecular weight excluding hydrogens is 258 g/mol. The summed E-state index contributed by atoms with van der Waals surface area (Å²) in [6.45, 7) is 3.67. The number of aromatic nitrogens is 1. The minimum absolute atomic E-state index is 0.207. The van der Waals surface area contributed by atoms with Crippen LogP contribution in [-0.2, 0) is 9.47 Å². The smallest absolute Gasteiger partial charge is 0.341 e. The molecule has 0 radical (unpaired) electrons. The number of nitrogen functional groups attached to an aromatic ring is 1. The third kappa shape index (κ3) is 3.39. The molecule has 6 heteroatoms. The van der Waals surface area contributed by atoms with Crippen molar-refractivity contribution in [3.8, 4) is 0 Å². The molecule has 20 heavy (non-hydrogen) atoms. The number of pyridine rings is 1. The zero-order chi connectivity index (χ0) is 14.5. The molecule has 1 aromatic heterocycles. The van der Waals surface area contributed by atoms with Crippen molar-refractivity contribution in [1.29, 1.82) is 0 Å². The number of esters is 1. The van der Waals surface area contributed by atoms with Crippen molar-refractivity contribution in [2.45, 2.75) is 25.8 Å². The van der Waals surface area contributed by atoms with Gasteiger partial charge in [0.1, 0.15) is 11.4 Å². The van der Waals surface area contributed by atoms with Crippen LogP contribution in [0.15, 0.2) is 12.3 Å². The van der Waals surface area contributed by atoms with Gasteiger partial charge in [0.05, 0.1) is 19.0 Å². The minimum Gasteiger partial charge on any atom is -0.465 e. The van der Waals surface area contributed by atoms with E-state index in [2.05, 4.69) is 17.2 Å². The summed E-state index contributed by atoms with van der Waals surface area (Å²) >= 11 is 0. The van der Waals surface area contributed by atoms with Crippen LogP contribution in [0.2, 0.25) is 0 Å². The number of carbonyl (C=O) groups is 1. The van der Waals surface area contributed by atoms with Crippen LogP contribution in [0.4, 0.5) is 11.5 Å². The molecule has 3 N–H and O–H groups in total.